The molecule has 2 aliphatic heterocycles. The van der Waals surface area contributed by atoms with Gasteiger partial charge in [-0.25, -0.2) is 4.79 Å². The van der Waals surface area contributed by atoms with Gasteiger partial charge in [-0.1, -0.05) is 151 Å². The minimum absolute atomic E-state index is 0.0550. The number of phenolic OH excluding ortho intramolecular Hbond substituents is 1. The van der Waals surface area contributed by atoms with Crippen molar-refractivity contribution in [1.82, 2.24) is 79.4 Å². The number of hydrogen-bond donors (Lipinski definition) is 21. The summed E-state index contributed by atoms with van der Waals surface area (Å²) >= 11 is 0. The van der Waals surface area contributed by atoms with Crippen molar-refractivity contribution in [2.24, 2.45) is 11.5 Å². The van der Waals surface area contributed by atoms with Gasteiger partial charge in [0.15, 0.2) is 0 Å². The lowest BCUT2D eigenvalue weighted by Gasteiger charge is -2.29. The van der Waals surface area contributed by atoms with Crippen molar-refractivity contribution >= 4 is 115 Å². The van der Waals surface area contributed by atoms with Crippen LogP contribution in [0.5, 0.6) is 5.75 Å². The molecule has 13 atom stereocenters. The van der Waals surface area contributed by atoms with Crippen LogP contribution in [0.3, 0.4) is 0 Å². The number of aromatic nitrogens is 1. The fraction of sp³-hybridized carbons (Fsp3) is 0.452. The summed E-state index contributed by atoms with van der Waals surface area (Å²) in [5.74, 6) is -15.1. The van der Waals surface area contributed by atoms with Crippen molar-refractivity contribution in [2.45, 2.75) is 202 Å². The van der Waals surface area contributed by atoms with E-state index < -0.39 is 187 Å². The molecule has 5 aromatic carbocycles. The van der Waals surface area contributed by atoms with Crippen LogP contribution in [0.25, 0.3) is 10.9 Å². The highest BCUT2D eigenvalue weighted by atomic mass is 33.1. The summed E-state index contributed by atoms with van der Waals surface area (Å²) < 4.78 is 0. The normalized spacial score (nSPS) is 23.4. The molecule has 1 aromatic heterocycles. The largest absolute Gasteiger partial charge is 0.508 e. The molecule has 37 heteroatoms. The number of aliphatic carboxylic acids is 1. The molecular weight excluding hydrogens is 1600 g/mol. The van der Waals surface area contributed by atoms with E-state index in [0.717, 1.165) is 27.2 Å². The molecule has 6 aromatic rings. The van der Waals surface area contributed by atoms with Crippen molar-refractivity contribution in [3.63, 3.8) is 0 Å². The molecule has 2 bridgehead atoms. The molecule has 35 nitrogen and oxygen atoms in total. The lowest BCUT2D eigenvalue weighted by molar-refractivity contribution is -0.142. The molecule has 121 heavy (non-hydrogen) atoms. The summed E-state index contributed by atoms with van der Waals surface area (Å²) in [6, 6.07) is 16.6. The number of para-hydroxylation sites is 1. The molecule has 13 amide bonds. The Morgan fingerprint density at radius 3 is 1.59 bits per heavy atom. The molecule has 2 fully saturated rings. The Hall–Kier alpha value is -11.5. The quantitative estimate of drug-likeness (QED) is 0.0290. The lowest BCUT2D eigenvalue weighted by atomic mass is 9.99. The van der Waals surface area contributed by atoms with Gasteiger partial charge in [0.25, 0.3) is 0 Å². The highest BCUT2D eigenvalue weighted by Crippen LogP contribution is 2.25. The fourth-order valence-electron chi connectivity index (χ4n) is 13.3. The molecule has 23 N–H and O–H groups in total. The Morgan fingerprint density at radius 1 is 0.504 bits per heavy atom. The zero-order valence-corrected chi connectivity index (χ0v) is 69.3. The maximum absolute atomic E-state index is 15.7. The number of unbranched alkanes of at least 4 members (excludes halogenated alkanes) is 1. The number of carboxylic acid groups (broad SMARTS) is 1. The number of amides is 13. The van der Waals surface area contributed by atoms with Crippen LogP contribution in [0.4, 0.5) is 0 Å². The number of nitrogens with one attached hydrogen (secondary N) is 15. The van der Waals surface area contributed by atoms with Gasteiger partial charge in [0.05, 0.1) is 18.8 Å². The molecule has 3 heterocycles. The highest BCUT2D eigenvalue weighted by molar-refractivity contribution is 8.76. The second-order valence-corrected chi connectivity index (χ2v) is 32.7. The summed E-state index contributed by atoms with van der Waals surface area (Å²) in [5.41, 5.74) is 16.3. The number of hydrogen-bond acceptors (Lipinski definition) is 22. The standard InChI is InChI=1S/C84H111N17O18S2/c1-48(2)89-43-54-27-25-53(26-28-54)41-65-80(114)101-72(49(3)103)83(117)97-64(40-51-18-8-5-9-19-51)78(112)91-61-23-14-36-87-70(105)24-15-37-88-71(106)34-33-62(76(110)96-66(79(113)95-65)42-55-44-90-59-21-11-10-20-57(55)59)93-77(111)63(39-50-16-6-4-7-17-50)94-74(108)60(22-12-13-35-85)92-82(116)68(99-73(107)58(86)38-52-29-31-56(104)32-30-52)46-120-121-47-69(84(118)119)100-81(115)67(45-102)98-75(61)109/h4-11,16-21,25-32,44,48-49,58,60-69,72,89-90,102-104H,12-15,22-24,33-43,45-47,85-86H2,1-3H3,(H,87,105)(H,88,106)(H,91,112)(H,92,116)(H,93,111)(H,94,108)(H,95,113)(H,96,110)(H,97,117)(H,98,109)(H,99,107)(H,100,115)(H,101,114)(H,118,119)/t49-,58+,60+,61+,62+,63+,64+,65+,66-,67+,68+,69+,72+/m1/s1. The SMILES string of the molecule is CC(C)NCc1ccc(C[C@@H]2NC(=O)[C@@H](Cc3c[nH]c4ccccc34)NC(=O)[C@@H]3CCC(=O)NCCCC(=O)NCCC[C@H](NC(=O)[C@H](Cc4ccccc4)NC(=O)[C@H]([C@@H](C)O)NC2=O)C(=O)N[C@@H](CO)C(=O)N[C@H](C(=O)O)CSSC[C@H](NC(=O)[C@@H](N)Cc2ccc(O)cc2)C(=O)N[C@@H](CCCCN)C(=O)N[C@@H](Cc2ccccc2)C(=O)N3)cc1. The molecular formula is C84H111N17O18S2. The summed E-state index contributed by atoms with van der Waals surface area (Å²) in [4.78, 5) is 209. The number of nitrogens with two attached hydrogens (primary N) is 2. The maximum atomic E-state index is 15.7. The van der Waals surface area contributed by atoms with E-state index in [-0.39, 0.29) is 108 Å². The Labute approximate surface area is 708 Å². The molecule has 0 saturated carbocycles. The number of H-pyrrole nitrogens is 1. The van der Waals surface area contributed by atoms with Gasteiger partial charge in [-0.15, -0.1) is 0 Å². The van der Waals surface area contributed by atoms with E-state index >= 15 is 33.6 Å². The van der Waals surface area contributed by atoms with Crippen LogP contribution in [0.2, 0.25) is 0 Å². The topological polar surface area (TPSA) is 556 Å². The lowest BCUT2D eigenvalue weighted by Crippen LogP contribution is -2.63. The first-order valence-electron chi connectivity index (χ1n) is 40.4. The second kappa shape index (κ2) is 48.7. The summed E-state index contributed by atoms with van der Waals surface area (Å²) in [5, 5.41) is 81.2. The number of carbonyl (C=O) groups excluding carboxylic acids is 13. The predicted octanol–water partition coefficient (Wildman–Crippen LogP) is -0.887. The molecule has 0 unspecified atom stereocenters. The van der Waals surface area contributed by atoms with Crippen LogP contribution in [0.15, 0.2) is 140 Å². The first-order chi connectivity index (χ1) is 58.0. The number of aromatic amines is 1. The number of rotatable bonds is 22. The van der Waals surface area contributed by atoms with Crippen LogP contribution < -0.4 is 85.9 Å². The minimum Gasteiger partial charge on any atom is -0.508 e. The summed E-state index contributed by atoms with van der Waals surface area (Å²) in [7, 11) is 1.65. The van der Waals surface area contributed by atoms with Crippen LogP contribution in [-0.4, -0.2) is 231 Å². The molecule has 0 radical (unpaired) electrons. The average Bonchev–Trinajstić information content (AvgIpc) is 1.78. The van der Waals surface area contributed by atoms with Crippen LogP contribution in [0, 0.1) is 0 Å². The van der Waals surface area contributed by atoms with Gasteiger partial charge >= 0.3 is 5.97 Å². The molecule has 0 aliphatic carbocycles. The molecule has 2 saturated heterocycles. The third kappa shape index (κ3) is 31.2. The molecule has 8 rings (SSSR count). The number of phenols is 1. The van der Waals surface area contributed by atoms with Crippen molar-refractivity contribution in [3.05, 3.63) is 173 Å². The number of aliphatic hydroxyl groups excluding tert-OH is 2. The molecule has 652 valence electrons. The number of aromatic hydroxyl groups is 1. The second-order valence-electron chi connectivity index (χ2n) is 30.2. The Bertz CT molecular complexity index is 4490. The van der Waals surface area contributed by atoms with Gasteiger partial charge < -0.3 is 111 Å². The van der Waals surface area contributed by atoms with Crippen LogP contribution in [-0.2, 0) is 106 Å². The van der Waals surface area contributed by atoms with Gasteiger partial charge in [-0.3, -0.25) is 62.3 Å². The first-order valence-corrected chi connectivity index (χ1v) is 42.8. The number of carbonyl (C=O) groups is 14. The van der Waals surface area contributed by atoms with Gasteiger partial charge in [-0.2, -0.15) is 0 Å². The number of aliphatic hydroxyl groups is 2. The Balaban J connectivity index is 1.27. The van der Waals surface area contributed by atoms with E-state index in [1.165, 1.54) is 31.2 Å². The van der Waals surface area contributed by atoms with Crippen molar-refractivity contribution in [3.8, 4) is 5.75 Å². The fourth-order valence-corrected chi connectivity index (χ4v) is 15.6. The van der Waals surface area contributed by atoms with Gasteiger partial charge in [-0.05, 0) is 116 Å². The van der Waals surface area contributed by atoms with Crippen LogP contribution >= 0.6 is 21.6 Å². The zero-order valence-electron chi connectivity index (χ0n) is 67.7. The predicted molar refractivity (Wildman–Crippen MR) is 453 cm³/mol. The van der Waals surface area contributed by atoms with Crippen molar-refractivity contribution < 1.29 is 87.5 Å². The Morgan fingerprint density at radius 2 is 0.992 bits per heavy atom. The maximum Gasteiger partial charge on any atom is 0.327 e. The van der Waals surface area contributed by atoms with Crippen LogP contribution in [0.1, 0.15) is 112 Å². The smallest absolute Gasteiger partial charge is 0.327 e. The van der Waals surface area contributed by atoms with Crippen molar-refractivity contribution in [2.75, 3.05) is 37.7 Å². The van der Waals surface area contributed by atoms with E-state index in [0.29, 0.717) is 51.7 Å². The monoisotopic (exact) mass is 1710 g/mol. The van der Waals surface area contributed by atoms with Crippen molar-refractivity contribution in [1.29, 1.82) is 0 Å². The van der Waals surface area contributed by atoms with E-state index in [9.17, 15) is 54.0 Å². The van der Waals surface area contributed by atoms with E-state index in [2.05, 4.69) is 79.4 Å². The third-order valence-corrected chi connectivity index (χ3v) is 22.6. The van der Waals surface area contributed by atoms with Gasteiger partial charge in [0.1, 0.15) is 72.2 Å². The molecule has 2 aliphatic rings. The zero-order chi connectivity index (χ0) is 87.5. The number of benzene rings is 5. The highest BCUT2D eigenvalue weighted by Gasteiger charge is 2.39. The number of fused-ring (bicyclic) bond motifs is 14. The van der Waals surface area contributed by atoms with E-state index in [4.69, 9.17) is 11.5 Å². The molecule has 0 spiro atoms. The average molecular weight is 1710 g/mol. The Kier molecular flexibility index (Phi) is 38.2. The van der Waals surface area contributed by atoms with Gasteiger partial charge in [0, 0.05) is 92.8 Å². The minimum atomic E-state index is -1.92. The summed E-state index contributed by atoms with van der Waals surface area (Å²) in [6.07, 6.45) is -2.45. The first kappa shape index (κ1) is 95.0. The number of carboxylic acids is 1. The van der Waals surface area contributed by atoms with Gasteiger partial charge in [0.2, 0.25) is 76.8 Å². The van der Waals surface area contributed by atoms with E-state index in [1.54, 1.807) is 115 Å². The van der Waals surface area contributed by atoms with E-state index in [1.807, 2.05) is 13.8 Å². The third-order valence-electron chi connectivity index (χ3n) is 20.2. The summed E-state index contributed by atoms with van der Waals surface area (Å²) in [6.45, 7) is 4.36.